The van der Waals surface area contributed by atoms with Gasteiger partial charge in [0.05, 0.1) is 39.1 Å². The zero-order valence-corrected chi connectivity index (χ0v) is 56.5. The predicted molar refractivity (Wildman–Crippen MR) is 425 cm³/mol. The van der Waals surface area contributed by atoms with Gasteiger partial charge in [0, 0.05) is 101 Å². The molecule has 8 heteroatoms. The first-order chi connectivity index (χ1) is 50.4. The van der Waals surface area contributed by atoms with Gasteiger partial charge in [-0.25, -0.2) is 19.9 Å². The summed E-state index contributed by atoms with van der Waals surface area (Å²) in [5.41, 5.74) is 24.1. The fraction of sp³-hybridized carbons (Fsp3) is 0.0213. The Bertz CT molecular complexity index is 5660. The van der Waals surface area contributed by atoms with Crippen molar-refractivity contribution in [3.05, 3.63) is 400 Å². The van der Waals surface area contributed by atoms with Crippen molar-refractivity contribution in [2.75, 3.05) is 9.80 Å². The average Bonchev–Trinajstić information content (AvgIpc) is 1.59. The van der Waals surface area contributed by atoms with E-state index in [-0.39, 0.29) is 0 Å². The Balaban J connectivity index is 0.000000132. The summed E-state index contributed by atoms with van der Waals surface area (Å²) in [7, 11) is 0. The summed E-state index contributed by atoms with van der Waals surface area (Å²) in [6, 6.07) is 136. The average molecular weight is 1310 g/mol. The van der Waals surface area contributed by atoms with E-state index >= 15 is 0 Å². The fourth-order valence-corrected chi connectivity index (χ4v) is 13.5. The van der Waals surface area contributed by atoms with Crippen LogP contribution in [0.4, 0.5) is 34.1 Å². The molecule has 0 atom stereocenters. The third kappa shape index (κ3) is 13.2. The molecule has 0 spiro atoms. The summed E-state index contributed by atoms with van der Waals surface area (Å²) >= 11 is 0. The number of anilines is 6. The molecule has 0 fully saturated rings. The normalized spacial score (nSPS) is 11.0. The first-order valence-corrected chi connectivity index (χ1v) is 34.4. The molecule has 0 radical (unpaired) electrons. The molecule has 0 unspecified atom stereocenters. The van der Waals surface area contributed by atoms with Crippen molar-refractivity contribution in [2.24, 2.45) is 0 Å². The van der Waals surface area contributed by atoms with E-state index in [1.807, 2.05) is 97.9 Å². The molecule has 4 aromatic heterocycles. The van der Waals surface area contributed by atoms with E-state index in [0.29, 0.717) is 5.82 Å². The zero-order valence-electron chi connectivity index (χ0n) is 56.5. The highest BCUT2D eigenvalue weighted by atomic mass is 15.1. The molecule has 102 heavy (non-hydrogen) atoms. The van der Waals surface area contributed by atoms with E-state index in [1.165, 1.54) is 43.8 Å². The van der Waals surface area contributed by atoms with E-state index in [4.69, 9.17) is 9.97 Å². The van der Waals surface area contributed by atoms with Crippen LogP contribution in [-0.4, -0.2) is 29.1 Å². The standard InChI is InChI=1S/C46H32N4.C31H24N2.C17H14N2/c1-5-15-33(16-6-1)42-32-43(48-46(47-42)35-17-7-2-8-18-35)34-25-27-38(28-26-34)50-44-24-14-13-23-40(44)41-31-39(29-30-45(41)50)49(36-19-9-3-10-20-36)37-21-11-4-12-22-37;1-23-16-18-26(19-17-23)33-30-15-9-8-14-28(30)29-22-27(20-21-31(29)33)32(24-10-4-2-5-11-24)25-12-6-3-7-13-25;1-13-12-16(14-8-4-2-5-9-14)19-17(18-13)15-10-6-3-7-11-15/h1-32H;2-22H,1H3;2-12H,1H3. The molecule has 4 heterocycles. The van der Waals surface area contributed by atoms with Crippen molar-refractivity contribution in [3.63, 3.8) is 0 Å². The number of aryl methyl sites for hydroxylation is 2. The smallest absolute Gasteiger partial charge is 0.160 e. The Morgan fingerprint density at radius 3 is 0.892 bits per heavy atom. The van der Waals surface area contributed by atoms with Gasteiger partial charge < -0.3 is 18.9 Å². The lowest BCUT2D eigenvalue weighted by atomic mass is 10.1. The van der Waals surface area contributed by atoms with Crippen LogP contribution in [0.1, 0.15) is 11.3 Å². The van der Waals surface area contributed by atoms with E-state index < -0.39 is 0 Å². The molecule has 18 aromatic rings. The Morgan fingerprint density at radius 1 is 0.216 bits per heavy atom. The van der Waals surface area contributed by atoms with Crippen molar-refractivity contribution >= 4 is 77.7 Å². The second kappa shape index (κ2) is 28.9. The predicted octanol–water partition coefficient (Wildman–Crippen LogP) is 24.7. The van der Waals surface area contributed by atoms with Crippen LogP contribution in [-0.2, 0) is 0 Å². The van der Waals surface area contributed by atoms with Gasteiger partial charge in [-0.2, -0.15) is 0 Å². The summed E-state index contributed by atoms with van der Waals surface area (Å²) in [6.45, 7) is 4.13. The Morgan fingerprint density at radius 2 is 0.510 bits per heavy atom. The maximum Gasteiger partial charge on any atom is 0.160 e. The maximum absolute atomic E-state index is 5.05. The van der Waals surface area contributed by atoms with E-state index in [9.17, 15) is 0 Å². The van der Waals surface area contributed by atoms with Crippen LogP contribution in [0.2, 0.25) is 0 Å². The number of para-hydroxylation sites is 6. The Hall–Kier alpha value is -13.6. The summed E-state index contributed by atoms with van der Waals surface area (Å²) in [4.78, 5) is 23.8. The minimum absolute atomic E-state index is 0.712. The molecule has 486 valence electrons. The van der Waals surface area contributed by atoms with Crippen LogP contribution in [0.5, 0.6) is 0 Å². The highest BCUT2D eigenvalue weighted by Crippen LogP contribution is 2.42. The van der Waals surface area contributed by atoms with E-state index in [2.05, 4.69) is 333 Å². The van der Waals surface area contributed by atoms with Crippen LogP contribution >= 0.6 is 0 Å². The molecule has 0 bridgehead atoms. The molecule has 0 aliphatic rings. The molecule has 0 aliphatic carbocycles. The molecule has 0 N–H and O–H groups in total. The molecule has 0 amide bonds. The van der Waals surface area contributed by atoms with Gasteiger partial charge in [-0.05, 0) is 147 Å². The zero-order chi connectivity index (χ0) is 68.6. The van der Waals surface area contributed by atoms with Gasteiger partial charge in [-0.1, -0.05) is 260 Å². The van der Waals surface area contributed by atoms with Crippen LogP contribution in [0, 0.1) is 13.8 Å². The summed E-state index contributed by atoms with van der Waals surface area (Å²) in [5, 5.41) is 4.93. The molecule has 14 aromatic carbocycles. The van der Waals surface area contributed by atoms with Crippen molar-refractivity contribution in [1.82, 2.24) is 29.1 Å². The topological polar surface area (TPSA) is 67.9 Å². The van der Waals surface area contributed by atoms with Crippen LogP contribution in [0.15, 0.2) is 388 Å². The largest absolute Gasteiger partial charge is 0.310 e. The van der Waals surface area contributed by atoms with Crippen molar-refractivity contribution in [2.45, 2.75) is 13.8 Å². The summed E-state index contributed by atoms with van der Waals surface area (Å²) in [6.07, 6.45) is 0. The van der Waals surface area contributed by atoms with Crippen LogP contribution < -0.4 is 9.80 Å². The van der Waals surface area contributed by atoms with Gasteiger partial charge in [-0.3, -0.25) is 0 Å². The molecule has 18 rings (SSSR count). The minimum Gasteiger partial charge on any atom is -0.310 e. The van der Waals surface area contributed by atoms with E-state index in [0.717, 1.165) is 107 Å². The monoisotopic (exact) mass is 1310 g/mol. The van der Waals surface area contributed by atoms with Crippen molar-refractivity contribution < 1.29 is 0 Å². The highest BCUT2D eigenvalue weighted by molar-refractivity contribution is 6.12. The number of hydrogen-bond acceptors (Lipinski definition) is 6. The molecule has 8 nitrogen and oxygen atoms in total. The lowest BCUT2D eigenvalue weighted by molar-refractivity contribution is 1.11. The number of fused-ring (bicyclic) bond motifs is 6. The number of aromatic nitrogens is 6. The highest BCUT2D eigenvalue weighted by Gasteiger charge is 2.21. The quantitative estimate of drug-likeness (QED) is 0.115. The lowest BCUT2D eigenvalue weighted by Gasteiger charge is -2.25. The molecule has 0 saturated heterocycles. The summed E-state index contributed by atoms with van der Waals surface area (Å²) in [5.74, 6) is 1.49. The van der Waals surface area contributed by atoms with Gasteiger partial charge in [0.1, 0.15) is 0 Å². The van der Waals surface area contributed by atoms with Gasteiger partial charge in [0.25, 0.3) is 0 Å². The Kier molecular flexibility index (Phi) is 17.9. The number of benzene rings is 14. The van der Waals surface area contributed by atoms with Crippen molar-refractivity contribution in [3.8, 4) is 67.9 Å². The first-order valence-electron chi connectivity index (χ1n) is 34.4. The molecular weight excluding hydrogens is 1240 g/mol. The third-order valence-corrected chi connectivity index (χ3v) is 18.4. The van der Waals surface area contributed by atoms with E-state index in [1.54, 1.807) is 0 Å². The first kappa shape index (κ1) is 63.2. The maximum atomic E-state index is 5.05. The SMILES string of the molecule is Cc1cc(-c2ccccc2)nc(-c2ccccc2)n1.Cc1ccc(-n2c3ccccc3c3cc(N(c4ccccc4)c4ccccc4)ccc32)cc1.c1ccc(-c2cc(-c3ccc(-n4c5ccccc5c5cc(N(c6ccccc6)c6ccccc6)ccc54)cc3)nc(-c3ccccc3)n2)cc1. The Labute approximate surface area is 594 Å². The minimum atomic E-state index is 0.712. The second-order valence-corrected chi connectivity index (χ2v) is 25.1. The second-order valence-electron chi connectivity index (χ2n) is 25.1. The molecule has 0 saturated carbocycles. The van der Waals surface area contributed by atoms with Gasteiger partial charge in [-0.15, -0.1) is 0 Å². The van der Waals surface area contributed by atoms with Crippen molar-refractivity contribution in [1.29, 1.82) is 0 Å². The number of nitrogens with zero attached hydrogens (tertiary/aromatic N) is 8. The van der Waals surface area contributed by atoms with Crippen LogP contribution in [0.25, 0.3) is 112 Å². The number of hydrogen-bond donors (Lipinski definition) is 0. The molecular formula is C94H70N8. The fourth-order valence-electron chi connectivity index (χ4n) is 13.5. The van der Waals surface area contributed by atoms with Crippen LogP contribution in [0.3, 0.4) is 0 Å². The summed E-state index contributed by atoms with van der Waals surface area (Å²) < 4.78 is 4.72. The lowest BCUT2D eigenvalue weighted by Crippen LogP contribution is -2.09. The van der Waals surface area contributed by atoms with Gasteiger partial charge >= 0.3 is 0 Å². The van der Waals surface area contributed by atoms with Gasteiger partial charge in [0.15, 0.2) is 11.6 Å². The molecule has 0 aliphatic heterocycles. The third-order valence-electron chi connectivity index (χ3n) is 18.4. The van der Waals surface area contributed by atoms with Gasteiger partial charge in [0.2, 0.25) is 0 Å². The number of rotatable bonds is 13.